The molecule has 1 aliphatic carbocycles. The highest BCUT2D eigenvalue weighted by Crippen LogP contribution is 2.40. The number of aryl methyl sites for hydroxylation is 1. The number of amides is 2. The van der Waals surface area contributed by atoms with E-state index in [9.17, 15) is 22.8 Å². The topological polar surface area (TPSA) is 97.6 Å². The van der Waals surface area contributed by atoms with Crippen molar-refractivity contribution >= 4 is 17.6 Å². The lowest BCUT2D eigenvalue weighted by atomic mass is 9.81. The van der Waals surface area contributed by atoms with Crippen LogP contribution in [0.1, 0.15) is 54.8 Å². The van der Waals surface area contributed by atoms with Crippen molar-refractivity contribution in [2.24, 2.45) is 11.8 Å². The third kappa shape index (κ3) is 5.51. The summed E-state index contributed by atoms with van der Waals surface area (Å²) in [7, 11) is 0. The zero-order valence-electron chi connectivity index (χ0n) is 18.8. The molecule has 34 heavy (non-hydrogen) atoms. The molecule has 2 aliphatic rings. The van der Waals surface area contributed by atoms with Crippen molar-refractivity contribution in [2.45, 2.75) is 57.7 Å². The number of likely N-dealkylation sites (tertiary alicyclic amines) is 1. The molecule has 0 bridgehead atoms. The summed E-state index contributed by atoms with van der Waals surface area (Å²) < 4.78 is 49.7. The number of ether oxygens (including phenoxy) is 1. The van der Waals surface area contributed by atoms with Crippen LogP contribution in [-0.2, 0) is 4.79 Å². The fraction of sp³-hybridized carbons (Fsp3) is 0.565. The third-order valence-corrected chi connectivity index (χ3v) is 6.49. The van der Waals surface area contributed by atoms with Gasteiger partial charge in [-0.1, -0.05) is 5.16 Å². The van der Waals surface area contributed by atoms with Gasteiger partial charge in [-0.25, -0.2) is 4.98 Å². The van der Waals surface area contributed by atoms with Crippen molar-refractivity contribution in [2.75, 3.05) is 18.5 Å². The quantitative estimate of drug-likeness (QED) is 0.660. The lowest BCUT2D eigenvalue weighted by Gasteiger charge is -2.33. The molecule has 184 valence electrons. The molecular weight excluding hydrogens is 453 g/mol. The first kappa shape index (κ1) is 24.0. The summed E-state index contributed by atoms with van der Waals surface area (Å²) in [6.07, 6.45) is -0.713. The smallest absolute Gasteiger partial charge is 0.391 e. The molecule has 8 nitrogen and oxygen atoms in total. The number of pyridine rings is 1. The second-order valence-electron chi connectivity index (χ2n) is 8.86. The first-order chi connectivity index (χ1) is 16.2. The Labute approximate surface area is 194 Å². The number of rotatable bonds is 6. The maximum absolute atomic E-state index is 13.1. The molecule has 1 aliphatic heterocycles. The van der Waals surface area contributed by atoms with Crippen LogP contribution in [0.25, 0.3) is 0 Å². The number of carbonyl (C=O) groups excluding carboxylic acids is 2. The van der Waals surface area contributed by atoms with Gasteiger partial charge in [0.15, 0.2) is 17.3 Å². The van der Waals surface area contributed by atoms with Crippen molar-refractivity contribution in [1.82, 2.24) is 15.0 Å². The maximum Gasteiger partial charge on any atom is 0.391 e. The summed E-state index contributed by atoms with van der Waals surface area (Å²) >= 11 is 0. The van der Waals surface area contributed by atoms with Gasteiger partial charge in [0.25, 0.3) is 5.91 Å². The molecule has 0 spiro atoms. The predicted octanol–water partition coefficient (Wildman–Crippen LogP) is 4.37. The SMILES string of the molecule is Cc1cc(NC(=O)c2ncccc2OC[C@H]2CCCN2C(=O)C2CCC(C(F)(F)F)CC2)no1. The Morgan fingerprint density at radius 2 is 2.00 bits per heavy atom. The molecular formula is C23H27F3N4O4. The maximum atomic E-state index is 13.1. The van der Waals surface area contributed by atoms with Crippen LogP contribution in [0.4, 0.5) is 19.0 Å². The zero-order valence-corrected chi connectivity index (χ0v) is 18.8. The number of hydrogen-bond donors (Lipinski definition) is 1. The Morgan fingerprint density at radius 3 is 2.68 bits per heavy atom. The van der Waals surface area contributed by atoms with E-state index < -0.39 is 18.0 Å². The van der Waals surface area contributed by atoms with Crippen LogP contribution in [0.15, 0.2) is 28.9 Å². The highest BCUT2D eigenvalue weighted by molar-refractivity contribution is 6.04. The number of anilines is 1. The largest absolute Gasteiger partial charge is 0.489 e. The van der Waals surface area contributed by atoms with Gasteiger partial charge < -0.3 is 19.5 Å². The van der Waals surface area contributed by atoms with Crippen molar-refractivity contribution in [3.63, 3.8) is 0 Å². The van der Waals surface area contributed by atoms with Crippen molar-refractivity contribution in [3.05, 3.63) is 35.9 Å². The third-order valence-electron chi connectivity index (χ3n) is 6.49. The lowest BCUT2D eigenvalue weighted by Crippen LogP contribution is -2.44. The van der Waals surface area contributed by atoms with E-state index in [0.29, 0.717) is 12.3 Å². The normalized spacial score (nSPS) is 23.1. The summed E-state index contributed by atoms with van der Waals surface area (Å²) in [5.74, 6) is -1.24. The minimum absolute atomic E-state index is 0.00584. The summed E-state index contributed by atoms with van der Waals surface area (Å²) in [5, 5.41) is 6.33. The standard InChI is InChI=1S/C23H27F3N4O4/c1-14-12-19(29-34-14)28-21(31)20-18(5-2-10-27-20)33-13-17-4-3-11-30(17)22(32)15-6-8-16(9-7-15)23(24,25)26/h2,5,10,12,15-17H,3-4,6-9,11,13H2,1H3,(H,28,29,31)/t15?,16?,17-/m1/s1. The van der Waals surface area contributed by atoms with Gasteiger partial charge in [-0.05, 0) is 57.6 Å². The van der Waals surface area contributed by atoms with Gasteiger partial charge in [0.05, 0.1) is 12.0 Å². The van der Waals surface area contributed by atoms with Crippen LogP contribution in [0.3, 0.4) is 0 Å². The molecule has 11 heteroatoms. The molecule has 2 aromatic heterocycles. The van der Waals surface area contributed by atoms with Gasteiger partial charge in [0.1, 0.15) is 12.4 Å². The highest BCUT2D eigenvalue weighted by atomic mass is 19.4. The monoisotopic (exact) mass is 480 g/mol. The van der Waals surface area contributed by atoms with E-state index in [4.69, 9.17) is 9.26 Å². The van der Waals surface area contributed by atoms with Crippen LogP contribution in [0.5, 0.6) is 5.75 Å². The van der Waals surface area contributed by atoms with Gasteiger partial charge in [0.2, 0.25) is 5.91 Å². The second kappa shape index (κ2) is 10.0. The molecule has 0 unspecified atom stereocenters. The second-order valence-corrected chi connectivity index (χ2v) is 8.86. The molecule has 1 N–H and O–H groups in total. The van der Waals surface area contributed by atoms with Gasteiger partial charge in [-0.3, -0.25) is 9.59 Å². The fourth-order valence-electron chi connectivity index (χ4n) is 4.67. The van der Waals surface area contributed by atoms with Crippen LogP contribution in [0, 0.1) is 18.8 Å². The molecule has 2 amide bonds. The van der Waals surface area contributed by atoms with E-state index in [2.05, 4.69) is 15.5 Å². The minimum Gasteiger partial charge on any atom is -0.489 e. The van der Waals surface area contributed by atoms with E-state index in [1.54, 1.807) is 30.0 Å². The van der Waals surface area contributed by atoms with E-state index >= 15 is 0 Å². The summed E-state index contributed by atoms with van der Waals surface area (Å²) in [5.41, 5.74) is 0.0736. The van der Waals surface area contributed by atoms with Crippen LogP contribution < -0.4 is 10.1 Å². The number of nitrogens with one attached hydrogen (secondary N) is 1. The molecule has 0 radical (unpaired) electrons. The summed E-state index contributed by atoms with van der Waals surface area (Å²) in [6, 6.07) is 4.63. The van der Waals surface area contributed by atoms with Crippen molar-refractivity contribution < 1.29 is 32.0 Å². The average Bonchev–Trinajstić information content (AvgIpc) is 3.45. The highest BCUT2D eigenvalue weighted by Gasteiger charge is 2.44. The molecule has 3 heterocycles. The van der Waals surface area contributed by atoms with Gasteiger partial charge in [-0.15, -0.1) is 0 Å². The van der Waals surface area contributed by atoms with Crippen LogP contribution in [-0.4, -0.2) is 52.2 Å². The Hall–Kier alpha value is -3.11. The van der Waals surface area contributed by atoms with Crippen molar-refractivity contribution in [1.29, 1.82) is 0 Å². The molecule has 2 fully saturated rings. The van der Waals surface area contributed by atoms with E-state index in [-0.39, 0.29) is 67.4 Å². The van der Waals surface area contributed by atoms with Gasteiger partial charge in [-0.2, -0.15) is 13.2 Å². The Kier molecular flexibility index (Phi) is 7.08. The fourth-order valence-corrected chi connectivity index (χ4v) is 4.67. The lowest BCUT2D eigenvalue weighted by molar-refractivity contribution is -0.185. The Balaban J connectivity index is 1.35. The number of nitrogens with zero attached hydrogens (tertiary/aromatic N) is 3. The molecule has 1 atom stereocenters. The Bertz CT molecular complexity index is 1020. The molecule has 4 rings (SSSR count). The van der Waals surface area contributed by atoms with E-state index in [1.807, 2.05) is 0 Å². The van der Waals surface area contributed by atoms with Crippen molar-refractivity contribution in [3.8, 4) is 5.75 Å². The molecule has 1 saturated carbocycles. The van der Waals surface area contributed by atoms with Gasteiger partial charge in [0, 0.05) is 24.7 Å². The molecule has 0 aromatic carbocycles. The average molecular weight is 480 g/mol. The summed E-state index contributed by atoms with van der Waals surface area (Å²) in [6.45, 7) is 2.42. The van der Waals surface area contributed by atoms with E-state index in [0.717, 1.165) is 12.8 Å². The van der Waals surface area contributed by atoms with Crippen LogP contribution in [0.2, 0.25) is 0 Å². The number of halogens is 3. The van der Waals surface area contributed by atoms with Crippen LogP contribution >= 0.6 is 0 Å². The number of hydrogen-bond acceptors (Lipinski definition) is 6. The zero-order chi connectivity index (χ0) is 24.3. The first-order valence-electron chi connectivity index (χ1n) is 11.4. The number of carbonyl (C=O) groups is 2. The minimum atomic E-state index is -4.20. The predicted molar refractivity (Wildman–Crippen MR) is 115 cm³/mol. The first-order valence-corrected chi connectivity index (χ1v) is 11.4. The molecule has 2 aromatic rings. The van der Waals surface area contributed by atoms with Gasteiger partial charge >= 0.3 is 6.18 Å². The summed E-state index contributed by atoms with van der Waals surface area (Å²) in [4.78, 5) is 31.5. The number of aromatic nitrogens is 2. The Morgan fingerprint density at radius 1 is 1.24 bits per heavy atom. The number of alkyl halides is 3. The molecule has 1 saturated heterocycles. The van der Waals surface area contributed by atoms with E-state index in [1.165, 1.54) is 6.20 Å².